The van der Waals surface area contributed by atoms with Crippen LogP contribution in [0.5, 0.6) is 0 Å². The molecule has 1 saturated heterocycles. The van der Waals surface area contributed by atoms with Crippen molar-refractivity contribution in [2.75, 3.05) is 6.54 Å². The minimum absolute atomic E-state index is 0.511. The van der Waals surface area contributed by atoms with E-state index in [1.54, 1.807) is 12.7 Å². The van der Waals surface area contributed by atoms with Crippen LogP contribution >= 0.6 is 0 Å². The molecule has 4 heterocycles. The maximum Gasteiger partial charge on any atom is 0.139 e. The number of aromatic nitrogens is 5. The topological polar surface area (TPSA) is 51.2 Å². The number of pyridine rings is 1. The summed E-state index contributed by atoms with van der Waals surface area (Å²) in [5.74, 6) is 0. The first-order valence-electron chi connectivity index (χ1n) is 8.29. The van der Waals surface area contributed by atoms with Gasteiger partial charge in [0.05, 0.1) is 12.2 Å². The van der Waals surface area contributed by atoms with Gasteiger partial charge in [0.1, 0.15) is 18.3 Å². The van der Waals surface area contributed by atoms with E-state index in [9.17, 15) is 0 Å². The molecule has 0 aromatic carbocycles. The Hall–Kier alpha value is -2.21. The summed E-state index contributed by atoms with van der Waals surface area (Å²) in [6, 6.07) is 4.69. The van der Waals surface area contributed by atoms with Crippen molar-refractivity contribution in [1.82, 2.24) is 29.0 Å². The Morgan fingerprint density at radius 1 is 1.30 bits per heavy atom. The van der Waals surface area contributed by atoms with Crippen molar-refractivity contribution < 1.29 is 0 Å². The number of aryl methyl sites for hydroxylation is 1. The largest absolute Gasteiger partial charge is 0.307 e. The molecule has 0 aliphatic carbocycles. The smallest absolute Gasteiger partial charge is 0.139 e. The lowest BCUT2D eigenvalue weighted by atomic mass is 10.0. The maximum absolute atomic E-state index is 4.82. The van der Waals surface area contributed by atoms with Crippen LogP contribution in [0.4, 0.5) is 0 Å². The highest BCUT2D eigenvalue weighted by atomic mass is 15.3. The van der Waals surface area contributed by atoms with E-state index in [0.29, 0.717) is 6.04 Å². The molecular formula is C17H22N6. The van der Waals surface area contributed by atoms with Crippen LogP contribution < -0.4 is 0 Å². The third-order valence-electron chi connectivity index (χ3n) is 4.71. The number of rotatable bonds is 4. The Bertz CT molecular complexity index is 776. The standard InChI is InChI=1S/C17H22N6/c1-14-5-4-8-22-10-15(20-17(14)22)9-21-7-3-2-6-16(21)11-23-13-18-12-19-23/h4-5,8,10,12-13,16H,2-3,6-7,9,11H2,1H3. The fourth-order valence-electron chi connectivity index (χ4n) is 3.51. The Labute approximate surface area is 135 Å². The quantitative estimate of drug-likeness (QED) is 0.742. The first kappa shape index (κ1) is 14.4. The first-order chi connectivity index (χ1) is 11.3. The highest BCUT2D eigenvalue weighted by Crippen LogP contribution is 2.21. The van der Waals surface area contributed by atoms with Crippen LogP contribution in [0.2, 0.25) is 0 Å². The lowest BCUT2D eigenvalue weighted by Gasteiger charge is -2.35. The molecule has 0 bridgehead atoms. The van der Waals surface area contributed by atoms with Gasteiger partial charge in [0, 0.05) is 25.0 Å². The van der Waals surface area contributed by atoms with Gasteiger partial charge in [-0.05, 0) is 37.9 Å². The van der Waals surface area contributed by atoms with Gasteiger partial charge in [-0.15, -0.1) is 0 Å². The molecular weight excluding hydrogens is 288 g/mol. The van der Waals surface area contributed by atoms with Crippen molar-refractivity contribution in [1.29, 1.82) is 0 Å². The Balaban J connectivity index is 1.53. The molecule has 23 heavy (non-hydrogen) atoms. The summed E-state index contributed by atoms with van der Waals surface area (Å²) < 4.78 is 4.07. The van der Waals surface area contributed by atoms with E-state index in [1.807, 2.05) is 4.68 Å². The van der Waals surface area contributed by atoms with Crippen LogP contribution in [-0.4, -0.2) is 41.6 Å². The van der Waals surface area contributed by atoms with Gasteiger partial charge in [-0.25, -0.2) is 9.97 Å². The van der Waals surface area contributed by atoms with Crippen molar-refractivity contribution in [3.63, 3.8) is 0 Å². The monoisotopic (exact) mass is 310 g/mol. The molecule has 120 valence electrons. The molecule has 3 aromatic rings. The minimum atomic E-state index is 0.511. The van der Waals surface area contributed by atoms with E-state index in [0.717, 1.165) is 31.0 Å². The summed E-state index contributed by atoms with van der Waals surface area (Å²) in [7, 11) is 0. The molecule has 1 atom stereocenters. The average Bonchev–Trinajstić information content (AvgIpc) is 3.19. The molecule has 0 amide bonds. The van der Waals surface area contributed by atoms with Gasteiger partial charge in [0.25, 0.3) is 0 Å². The molecule has 0 N–H and O–H groups in total. The molecule has 1 fully saturated rings. The summed E-state index contributed by atoms with van der Waals surface area (Å²) >= 11 is 0. The molecule has 0 saturated carbocycles. The van der Waals surface area contributed by atoms with Gasteiger partial charge in [-0.2, -0.15) is 5.10 Å². The molecule has 6 nitrogen and oxygen atoms in total. The summed E-state index contributed by atoms with van der Waals surface area (Å²) in [5.41, 5.74) is 3.42. The van der Waals surface area contributed by atoms with Gasteiger partial charge in [0.15, 0.2) is 0 Å². The lowest BCUT2D eigenvalue weighted by molar-refractivity contribution is 0.120. The second-order valence-electron chi connectivity index (χ2n) is 6.39. The van der Waals surface area contributed by atoms with Crippen LogP contribution in [0.15, 0.2) is 37.2 Å². The second-order valence-corrected chi connectivity index (χ2v) is 6.39. The number of piperidine rings is 1. The number of hydrogen-bond acceptors (Lipinski definition) is 4. The predicted molar refractivity (Wildman–Crippen MR) is 88.0 cm³/mol. The van der Waals surface area contributed by atoms with Crippen molar-refractivity contribution in [2.24, 2.45) is 0 Å². The predicted octanol–water partition coefficient (Wildman–Crippen LogP) is 2.29. The van der Waals surface area contributed by atoms with E-state index in [-0.39, 0.29) is 0 Å². The maximum atomic E-state index is 4.82. The van der Waals surface area contributed by atoms with E-state index >= 15 is 0 Å². The van der Waals surface area contributed by atoms with Crippen molar-refractivity contribution >= 4 is 5.65 Å². The molecule has 0 spiro atoms. The van der Waals surface area contributed by atoms with Gasteiger partial charge in [-0.3, -0.25) is 9.58 Å². The second kappa shape index (κ2) is 6.12. The summed E-state index contributed by atoms with van der Waals surface area (Å²) in [4.78, 5) is 11.4. The van der Waals surface area contributed by atoms with Gasteiger partial charge < -0.3 is 4.40 Å². The van der Waals surface area contributed by atoms with Crippen LogP contribution in [0, 0.1) is 6.92 Å². The Kier molecular flexibility index (Phi) is 3.83. The van der Waals surface area contributed by atoms with Crippen LogP contribution in [0.3, 0.4) is 0 Å². The van der Waals surface area contributed by atoms with Crippen LogP contribution in [0.1, 0.15) is 30.5 Å². The van der Waals surface area contributed by atoms with Crippen molar-refractivity contribution in [2.45, 2.75) is 45.3 Å². The van der Waals surface area contributed by atoms with Gasteiger partial charge in [-0.1, -0.05) is 12.5 Å². The number of likely N-dealkylation sites (tertiary alicyclic amines) is 1. The van der Waals surface area contributed by atoms with Crippen molar-refractivity contribution in [3.05, 3.63) is 48.4 Å². The van der Waals surface area contributed by atoms with Crippen molar-refractivity contribution in [3.8, 4) is 0 Å². The van der Waals surface area contributed by atoms with E-state index < -0.39 is 0 Å². The number of nitrogens with zero attached hydrogens (tertiary/aromatic N) is 6. The zero-order valence-electron chi connectivity index (χ0n) is 13.5. The highest BCUT2D eigenvalue weighted by Gasteiger charge is 2.24. The molecule has 0 radical (unpaired) electrons. The third kappa shape index (κ3) is 2.99. The fourth-order valence-corrected chi connectivity index (χ4v) is 3.51. The van der Waals surface area contributed by atoms with Gasteiger partial charge in [0.2, 0.25) is 0 Å². The molecule has 1 unspecified atom stereocenters. The SMILES string of the molecule is Cc1cccn2cc(CN3CCCCC3Cn3cncn3)nc12. The van der Waals surface area contributed by atoms with Crippen LogP contribution in [-0.2, 0) is 13.1 Å². The number of hydrogen-bond donors (Lipinski definition) is 0. The molecule has 4 rings (SSSR count). The minimum Gasteiger partial charge on any atom is -0.307 e. The lowest BCUT2D eigenvalue weighted by Crippen LogP contribution is -2.41. The molecule has 1 aliphatic heterocycles. The normalized spacial score (nSPS) is 19.4. The molecule has 6 heteroatoms. The zero-order chi connectivity index (χ0) is 15.6. The summed E-state index contributed by atoms with van der Waals surface area (Å²) in [6.45, 7) is 5.06. The van der Waals surface area contributed by atoms with E-state index in [1.165, 1.54) is 24.8 Å². The highest BCUT2D eigenvalue weighted by molar-refractivity contribution is 5.47. The van der Waals surface area contributed by atoms with E-state index in [2.05, 4.69) is 50.8 Å². The average molecular weight is 310 g/mol. The Morgan fingerprint density at radius 2 is 2.26 bits per heavy atom. The number of imidazole rings is 1. The molecule has 1 aliphatic rings. The Morgan fingerprint density at radius 3 is 3.09 bits per heavy atom. The fraction of sp³-hybridized carbons (Fsp3) is 0.471. The number of fused-ring (bicyclic) bond motifs is 1. The van der Waals surface area contributed by atoms with Gasteiger partial charge >= 0.3 is 0 Å². The first-order valence-corrected chi connectivity index (χ1v) is 8.29. The summed E-state index contributed by atoms with van der Waals surface area (Å²) in [5, 5.41) is 4.26. The van der Waals surface area contributed by atoms with E-state index in [4.69, 9.17) is 4.98 Å². The summed E-state index contributed by atoms with van der Waals surface area (Å²) in [6.07, 6.45) is 11.4. The zero-order valence-corrected chi connectivity index (χ0v) is 13.5. The third-order valence-corrected chi connectivity index (χ3v) is 4.71. The van der Waals surface area contributed by atoms with Crippen LogP contribution in [0.25, 0.3) is 5.65 Å². The molecule has 3 aromatic heterocycles.